The quantitative estimate of drug-likeness (QED) is 0.846. The molecule has 5 nitrogen and oxygen atoms in total. The average molecular weight is 288 g/mol. The van der Waals surface area contributed by atoms with Crippen LogP contribution < -0.4 is 9.47 Å². The van der Waals surface area contributed by atoms with Gasteiger partial charge in [-0.15, -0.1) is 0 Å². The van der Waals surface area contributed by atoms with Gasteiger partial charge in [-0.25, -0.2) is 0 Å². The highest BCUT2D eigenvalue weighted by atomic mass is 19.4. The summed E-state index contributed by atoms with van der Waals surface area (Å²) in [5.41, 5.74) is 0. The maximum atomic E-state index is 12.0. The van der Waals surface area contributed by atoms with Crippen molar-refractivity contribution in [2.24, 2.45) is 0 Å². The lowest BCUT2D eigenvalue weighted by Gasteiger charge is -2.10. The van der Waals surface area contributed by atoms with Crippen LogP contribution in [-0.2, 0) is 6.61 Å². The van der Waals surface area contributed by atoms with E-state index in [0.29, 0.717) is 11.6 Å². The number of aromatic nitrogens is 2. The average Bonchev–Trinajstić information content (AvgIpc) is 2.80. The third-order valence-electron chi connectivity index (χ3n) is 2.14. The number of halogens is 3. The predicted octanol–water partition coefficient (Wildman–Crippen LogP) is 2.90. The number of nitrogens with zero attached hydrogens (tertiary/aromatic N) is 2. The predicted molar refractivity (Wildman–Crippen MR) is 61.4 cm³/mol. The van der Waals surface area contributed by atoms with E-state index >= 15 is 0 Å². The number of rotatable bonds is 5. The van der Waals surface area contributed by atoms with Crippen LogP contribution in [0.3, 0.4) is 0 Å². The second-order valence-electron chi connectivity index (χ2n) is 3.90. The summed E-state index contributed by atoms with van der Waals surface area (Å²) in [4.78, 5) is 3.93. The summed E-state index contributed by atoms with van der Waals surface area (Å²) >= 11 is 0. The minimum absolute atomic E-state index is 0.0313. The van der Waals surface area contributed by atoms with Crippen molar-refractivity contribution >= 4 is 0 Å². The van der Waals surface area contributed by atoms with Crippen LogP contribution in [0.15, 0.2) is 28.8 Å². The highest BCUT2D eigenvalue weighted by Crippen LogP contribution is 2.23. The first kappa shape index (κ1) is 14.2. The van der Waals surface area contributed by atoms with Crippen molar-refractivity contribution in [2.45, 2.75) is 19.7 Å². The molecule has 8 heteroatoms. The van der Waals surface area contributed by atoms with Crippen LogP contribution in [0, 0.1) is 6.92 Å². The van der Waals surface area contributed by atoms with Crippen LogP contribution in [0.2, 0.25) is 0 Å². The fourth-order valence-electron chi connectivity index (χ4n) is 1.36. The number of ether oxygens (including phenoxy) is 2. The Bertz CT molecular complexity index is 569. The van der Waals surface area contributed by atoms with E-state index in [0.717, 1.165) is 0 Å². The van der Waals surface area contributed by atoms with E-state index in [2.05, 4.69) is 14.9 Å². The maximum absolute atomic E-state index is 12.0. The molecule has 0 fully saturated rings. The molecule has 0 saturated carbocycles. The molecule has 0 aliphatic rings. The zero-order chi connectivity index (χ0) is 14.6. The minimum Gasteiger partial charge on any atom is -0.484 e. The van der Waals surface area contributed by atoms with Gasteiger partial charge in [0.25, 0.3) is 5.89 Å². The van der Waals surface area contributed by atoms with Gasteiger partial charge in [-0.2, -0.15) is 18.2 Å². The SMILES string of the molecule is Cc1noc(COc2cccc(OCC(F)(F)F)c2)n1. The molecule has 0 spiro atoms. The van der Waals surface area contributed by atoms with Gasteiger partial charge in [-0.1, -0.05) is 11.2 Å². The smallest absolute Gasteiger partial charge is 0.422 e. The van der Waals surface area contributed by atoms with Gasteiger partial charge in [0.05, 0.1) is 0 Å². The molecule has 0 amide bonds. The minimum atomic E-state index is -4.38. The molecule has 0 radical (unpaired) electrons. The number of hydrogen-bond donors (Lipinski definition) is 0. The summed E-state index contributed by atoms with van der Waals surface area (Å²) in [6, 6.07) is 5.88. The Labute approximate surface area is 112 Å². The third kappa shape index (κ3) is 4.45. The fraction of sp³-hybridized carbons (Fsp3) is 0.333. The molecule has 0 atom stereocenters. The number of benzene rings is 1. The Hall–Kier alpha value is -2.25. The molecule has 0 bridgehead atoms. The molecule has 1 aromatic heterocycles. The monoisotopic (exact) mass is 288 g/mol. The summed E-state index contributed by atoms with van der Waals surface area (Å²) in [5.74, 6) is 1.18. The first-order chi connectivity index (χ1) is 9.42. The molecule has 1 aromatic carbocycles. The molecular weight excluding hydrogens is 277 g/mol. The molecule has 2 aromatic rings. The lowest BCUT2D eigenvalue weighted by Crippen LogP contribution is -2.19. The van der Waals surface area contributed by atoms with Crippen LogP contribution in [0.1, 0.15) is 11.7 Å². The third-order valence-corrected chi connectivity index (χ3v) is 2.14. The molecular formula is C12H11F3N2O3. The zero-order valence-corrected chi connectivity index (χ0v) is 10.5. The van der Waals surface area contributed by atoms with Gasteiger partial charge in [0.2, 0.25) is 0 Å². The van der Waals surface area contributed by atoms with E-state index in [4.69, 9.17) is 9.26 Å². The Balaban J connectivity index is 1.92. The molecule has 2 rings (SSSR count). The molecule has 0 aliphatic heterocycles. The summed E-state index contributed by atoms with van der Waals surface area (Å²) in [6.07, 6.45) is -4.38. The van der Waals surface area contributed by atoms with Gasteiger partial charge in [0.1, 0.15) is 11.5 Å². The lowest BCUT2D eigenvalue weighted by atomic mass is 10.3. The van der Waals surface area contributed by atoms with Gasteiger partial charge < -0.3 is 14.0 Å². The maximum Gasteiger partial charge on any atom is 0.422 e. The summed E-state index contributed by atoms with van der Waals surface area (Å²) < 4.78 is 50.9. The second kappa shape index (κ2) is 5.81. The van der Waals surface area contributed by atoms with Gasteiger partial charge in [-0.3, -0.25) is 0 Å². The van der Waals surface area contributed by atoms with Crippen LogP contribution >= 0.6 is 0 Å². The van der Waals surface area contributed by atoms with E-state index in [-0.39, 0.29) is 18.2 Å². The van der Waals surface area contributed by atoms with Crippen molar-refractivity contribution in [3.05, 3.63) is 36.0 Å². The molecule has 0 aliphatic carbocycles. The Morgan fingerprint density at radius 1 is 1.20 bits per heavy atom. The summed E-state index contributed by atoms with van der Waals surface area (Å²) in [7, 11) is 0. The van der Waals surface area contributed by atoms with E-state index in [1.807, 2.05) is 0 Å². The van der Waals surface area contributed by atoms with Crippen LogP contribution in [-0.4, -0.2) is 22.9 Å². The Kier molecular flexibility index (Phi) is 4.11. The normalized spacial score (nSPS) is 11.4. The van der Waals surface area contributed by atoms with Crippen molar-refractivity contribution in [1.82, 2.24) is 10.1 Å². The fourth-order valence-corrected chi connectivity index (χ4v) is 1.36. The zero-order valence-electron chi connectivity index (χ0n) is 10.5. The Morgan fingerprint density at radius 3 is 2.50 bits per heavy atom. The second-order valence-corrected chi connectivity index (χ2v) is 3.90. The van der Waals surface area contributed by atoms with E-state index in [1.165, 1.54) is 18.2 Å². The first-order valence-electron chi connectivity index (χ1n) is 5.64. The summed E-state index contributed by atoms with van der Waals surface area (Å²) in [6.45, 7) is 0.349. The van der Waals surface area contributed by atoms with E-state index in [1.54, 1.807) is 13.0 Å². The van der Waals surface area contributed by atoms with Crippen molar-refractivity contribution in [3.63, 3.8) is 0 Å². The molecule has 108 valence electrons. The number of aryl methyl sites for hydroxylation is 1. The Morgan fingerprint density at radius 2 is 1.90 bits per heavy atom. The first-order valence-corrected chi connectivity index (χ1v) is 5.64. The van der Waals surface area contributed by atoms with Crippen molar-refractivity contribution in [3.8, 4) is 11.5 Å². The van der Waals surface area contributed by atoms with Gasteiger partial charge in [-0.05, 0) is 19.1 Å². The highest BCUT2D eigenvalue weighted by molar-refractivity contribution is 5.32. The van der Waals surface area contributed by atoms with Crippen molar-refractivity contribution in [2.75, 3.05) is 6.61 Å². The van der Waals surface area contributed by atoms with Crippen molar-refractivity contribution in [1.29, 1.82) is 0 Å². The number of alkyl halides is 3. The van der Waals surface area contributed by atoms with Crippen molar-refractivity contribution < 1.29 is 27.2 Å². The van der Waals surface area contributed by atoms with Crippen LogP contribution in [0.5, 0.6) is 11.5 Å². The molecule has 1 heterocycles. The van der Waals surface area contributed by atoms with E-state index in [9.17, 15) is 13.2 Å². The topological polar surface area (TPSA) is 57.4 Å². The molecule has 0 saturated heterocycles. The number of hydrogen-bond acceptors (Lipinski definition) is 5. The van der Waals surface area contributed by atoms with E-state index < -0.39 is 12.8 Å². The molecule has 0 unspecified atom stereocenters. The lowest BCUT2D eigenvalue weighted by molar-refractivity contribution is -0.153. The highest BCUT2D eigenvalue weighted by Gasteiger charge is 2.28. The van der Waals surface area contributed by atoms with Crippen LogP contribution in [0.25, 0.3) is 0 Å². The largest absolute Gasteiger partial charge is 0.484 e. The standard InChI is InChI=1S/C12H11F3N2O3/c1-8-16-11(20-17-8)6-18-9-3-2-4-10(5-9)19-7-12(13,14)15/h2-5H,6-7H2,1H3. The molecule has 0 N–H and O–H groups in total. The van der Waals surface area contributed by atoms with Gasteiger partial charge >= 0.3 is 6.18 Å². The van der Waals surface area contributed by atoms with Crippen LogP contribution in [0.4, 0.5) is 13.2 Å². The molecule has 20 heavy (non-hydrogen) atoms. The van der Waals surface area contributed by atoms with Gasteiger partial charge in [0, 0.05) is 6.07 Å². The summed E-state index contributed by atoms with van der Waals surface area (Å²) in [5, 5.41) is 3.59. The van der Waals surface area contributed by atoms with Gasteiger partial charge in [0.15, 0.2) is 19.0 Å².